The number of ether oxygens (including phenoxy) is 2. The van der Waals surface area contributed by atoms with Crippen LogP contribution in [0.3, 0.4) is 0 Å². The first-order valence-corrected chi connectivity index (χ1v) is 6.38. The summed E-state index contributed by atoms with van der Waals surface area (Å²) in [6, 6.07) is 8.15. The highest BCUT2D eigenvalue weighted by atomic mass is 16.7. The average Bonchev–Trinajstić information content (AvgIpc) is 3.18. The molecule has 0 amide bonds. The molecular weight excluding hydrogens is 214 g/mol. The van der Waals surface area contributed by atoms with Crippen LogP contribution in [-0.4, -0.2) is 19.9 Å². The van der Waals surface area contributed by atoms with Crippen LogP contribution in [0.2, 0.25) is 0 Å². The van der Waals surface area contributed by atoms with Crippen LogP contribution >= 0.6 is 0 Å². The van der Waals surface area contributed by atoms with Crippen LogP contribution in [0.5, 0.6) is 5.75 Å². The Morgan fingerprint density at radius 2 is 2.00 bits per heavy atom. The predicted molar refractivity (Wildman–Crippen MR) is 68.0 cm³/mol. The molecule has 1 fully saturated rings. The molecule has 0 saturated heterocycles. The molecule has 1 aromatic carbocycles. The second kappa shape index (κ2) is 6.62. The Morgan fingerprint density at radius 3 is 2.65 bits per heavy atom. The summed E-state index contributed by atoms with van der Waals surface area (Å²) < 4.78 is 10.9. The van der Waals surface area contributed by atoms with Crippen molar-refractivity contribution in [1.29, 1.82) is 0 Å². The summed E-state index contributed by atoms with van der Waals surface area (Å²) in [5.41, 5.74) is 1.28. The largest absolute Gasteiger partial charge is 0.468 e. The van der Waals surface area contributed by atoms with Crippen LogP contribution in [0.1, 0.15) is 25.3 Å². The van der Waals surface area contributed by atoms with Crippen molar-refractivity contribution in [2.45, 2.75) is 26.3 Å². The molecule has 0 atom stereocenters. The molecule has 0 aliphatic heterocycles. The van der Waals surface area contributed by atoms with E-state index < -0.39 is 0 Å². The van der Waals surface area contributed by atoms with Crippen molar-refractivity contribution in [2.24, 2.45) is 5.92 Å². The van der Waals surface area contributed by atoms with Crippen LogP contribution in [-0.2, 0) is 11.3 Å². The zero-order valence-corrected chi connectivity index (χ0v) is 10.4. The topological polar surface area (TPSA) is 30.5 Å². The van der Waals surface area contributed by atoms with E-state index in [0.29, 0.717) is 6.79 Å². The third-order valence-electron chi connectivity index (χ3n) is 2.86. The predicted octanol–water partition coefficient (Wildman–Crippen LogP) is 2.56. The van der Waals surface area contributed by atoms with Gasteiger partial charge in [-0.3, -0.25) is 0 Å². The summed E-state index contributed by atoms with van der Waals surface area (Å²) in [4.78, 5) is 0. The number of hydrogen-bond donors (Lipinski definition) is 1. The average molecular weight is 235 g/mol. The van der Waals surface area contributed by atoms with Crippen molar-refractivity contribution in [3.05, 3.63) is 29.8 Å². The van der Waals surface area contributed by atoms with Gasteiger partial charge in [0.2, 0.25) is 0 Å². The molecule has 0 unspecified atom stereocenters. The zero-order valence-electron chi connectivity index (χ0n) is 10.4. The van der Waals surface area contributed by atoms with Gasteiger partial charge in [-0.25, -0.2) is 0 Å². The Balaban J connectivity index is 1.65. The lowest BCUT2D eigenvalue weighted by atomic mass is 10.2. The number of benzene rings is 1. The van der Waals surface area contributed by atoms with Gasteiger partial charge in [0.25, 0.3) is 0 Å². The zero-order chi connectivity index (χ0) is 11.9. The van der Waals surface area contributed by atoms with E-state index in [1.54, 1.807) is 0 Å². The highest BCUT2D eigenvalue weighted by Gasteiger charge is 2.20. The molecule has 1 aromatic rings. The minimum atomic E-state index is 0.364. The first-order valence-electron chi connectivity index (χ1n) is 6.38. The highest BCUT2D eigenvalue weighted by Crippen LogP contribution is 2.28. The Kier molecular flexibility index (Phi) is 4.83. The molecule has 94 valence electrons. The Bertz CT molecular complexity index is 319. The lowest BCUT2D eigenvalue weighted by Crippen LogP contribution is -2.11. The Morgan fingerprint density at radius 1 is 1.24 bits per heavy atom. The second-order valence-corrected chi connectivity index (χ2v) is 4.50. The molecule has 3 nitrogen and oxygen atoms in total. The van der Waals surface area contributed by atoms with Gasteiger partial charge < -0.3 is 14.8 Å². The SMILES string of the molecule is CCNCc1ccc(OCOCC2CC2)cc1. The van der Waals surface area contributed by atoms with Crippen LogP contribution in [0, 0.1) is 5.92 Å². The minimum absolute atomic E-state index is 0.364. The van der Waals surface area contributed by atoms with Gasteiger partial charge in [-0.1, -0.05) is 19.1 Å². The molecule has 1 saturated carbocycles. The molecule has 1 aliphatic carbocycles. The standard InChI is InChI=1S/C14H21NO2/c1-2-15-9-12-5-7-14(8-6-12)17-11-16-10-13-3-4-13/h5-8,13,15H,2-4,9-11H2,1H3. The maximum atomic E-state index is 5.50. The summed E-state index contributed by atoms with van der Waals surface area (Å²) in [7, 11) is 0. The van der Waals surface area contributed by atoms with Crippen molar-refractivity contribution >= 4 is 0 Å². The molecule has 0 spiro atoms. The molecule has 1 aliphatic rings. The summed E-state index contributed by atoms with van der Waals surface area (Å²) >= 11 is 0. The van der Waals surface area contributed by atoms with E-state index in [4.69, 9.17) is 9.47 Å². The normalized spacial score (nSPS) is 14.9. The van der Waals surface area contributed by atoms with Crippen LogP contribution < -0.4 is 10.1 Å². The Labute approximate surface area is 103 Å². The van der Waals surface area contributed by atoms with Crippen molar-refractivity contribution in [2.75, 3.05) is 19.9 Å². The highest BCUT2D eigenvalue weighted by molar-refractivity contribution is 5.27. The quantitative estimate of drug-likeness (QED) is 0.555. The third kappa shape index (κ3) is 4.75. The molecule has 0 radical (unpaired) electrons. The maximum absolute atomic E-state index is 5.50. The van der Waals surface area contributed by atoms with Gasteiger partial charge in [0.1, 0.15) is 5.75 Å². The van der Waals surface area contributed by atoms with Gasteiger partial charge in [-0.15, -0.1) is 0 Å². The van der Waals surface area contributed by atoms with Crippen molar-refractivity contribution in [3.8, 4) is 5.75 Å². The van der Waals surface area contributed by atoms with E-state index in [1.807, 2.05) is 12.1 Å². The van der Waals surface area contributed by atoms with Gasteiger partial charge in [0.15, 0.2) is 6.79 Å². The van der Waals surface area contributed by atoms with Crippen LogP contribution in [0.4, 0.5) is 0 Å². The number of nitrogens with one attached hydrogen (secondary N) is 1. The fourth-order valence-corrected chi connectivity index (χ4v) is 1.58. The van der Waals surface area contributed by atoms with Crippen LogP contribution in [0.15, 0.2) is 24.3 Å². The van der Waals surface area contributed by atoms with Crippen molar-refractivity contribution in [1.82, 2.24) is 5.32 Å². The van der Waals surface area contributed by atoms with E-state index in [0.717, 1.165) is 31.4 Å². The number of rotatable bonds is 8. The third-order valence-corrected chi connectivity index (χ3v) is 2.86. The molecule has 2 rings (SSSR count). The number of hydrogen-bond acceptors (Lipinski definition) is 3. The van der Waals surface area contributed by atoms with E-state index in [-0.39, 0.29) is 0 Å². The van der Waals surface area contributed by atoms with E-state index in [2.05, 4.69) is 24.4 Å². The van der Waals surface area contributed by atoms with E-state index >= 15 is 0 Å². The molecule has 0 aromatic heterocycles. The molecule has 1 N–H and O–H groups in total. The van der Waals surface area contributed by atoms with Crippen molar-refractivity contribution < 1.29 is 9.47 Å². The van der Waals surface area contributed by atoms with Crippen LogP contribution in [0.25, 0.3) is 0 Å². The smallest absolute Gasteiger partial charge is 0.189 e. The van der Waals surface area contributed by atoms with Gasteiger partial charge in [-0.2, -0.15) is 0 Å². The summed E-state index contributed by atoms with van der Waals surface area (Å²) in [6.45, 7) is 5.22. The first-order chi connectivity index (χ1) is 8.38. The van der Waals surface area contributed by atoms with E-state index in [9.17, 15) is 0 Å². The lowest BCUT2D eigenvalue weighted by Gasteiger charge is -2.08. The summed E-state index contributed by atoms with van der Waals surface area (Å²) in [5, 5.41) is 3.29. The molecular formula is C14H21NO2. The van der Waals surface area contributed by atoms with E-state index in [1.165, 1.54) is 18.4 Å². The fourth-order valence-electron chi connectivity index (χ4n) is 1.58. The fraction of sp³-hybridized carbons (Fsp3) is 0.571. The molecule has 17 heavy (non-hydrogen) atoms. The lowest BCUT2D eigenvalue weighted by molar-refractivity contribution is 0.00997. The van der Waals surface area contributed by atoms with Crippen molar-refractivity contribution in [3.63, 3.8) is 0 Å². The van der Waals surface area contributed by atoms with Gasteiger partial charge in [0.05, 0.1) is 6.61 Å². The summed E-state index contributed by atoms with van der Waals surface area (Å²) in [6.07, 6.45) is 2.64. The minimum Gasteiger partial charge on any atom is -0.468 e. The second-order valence-electron chi connectivity index (χ2n) is 4.50. The maximum Gasteiger partial charge on any atom is 0.189 e. The van der Waals surface area contributed by atoms with Gasteiger partial charge in [0, 0.05) is 6.54 Å². The van der Waals surface area contributed by atoms with Gasteiger partial charge >= 0.3 is 0 Å². The monoisotopic (exact) mass is 235 g/mol. The Hall–Kier alpha value is -1.06. The molecule has 0 bridgehead atoms. The van der Waals surface area contributed by atoms with Gasteiger partial charge in [-0.05, 0) is 43.0 Å². The molecule has 3 heteroatoms. The molecule has 0 heterocycles. The summed E-state index contributed by atoms with van der Waals surface area (Å²) in [5.74, 6) is 1.67. The first kappa shape index (κ1) is 12.4.